The van der Waals surface area contributed by atoms with E-state index in [-0.39, 0.29) is 5.91 Å². The Kier molecular flexibility index (Phi) is 5.54. The zero-order valence-electron chi connectivity index (χ0n) is 11.8. The standard InChI is InChI=1S/C15H19FN2O3/c16-21-15(20)18-11-5-9-13(18)14(19)17-10-4-8-12-6-2-1-3-7-12/h1-3,6-7,13H,4-5,8-11H2,(H,17,19). The van der Waals surface area contributed by atoms with Crippen molar-refractivity contribution in [2.45, 2.75) is 31.7 Å². The molecule has 0 aliphatic carbocycles. The summed E-state index contributed by atoms with van der Waals surface area (Å²) in [4.78, 5) is 27.5. The molecule has 21 heavy (non-hydrogen) atoms. The van der Waals surface area contributed by atoms with Crippen LogP contribution in [0.4, 0.5) is 9.32 Å². The SMILES string of the molecule is O=C(NCCCc1ccccc1)C1CCCN1C(=O)OF. The number of hydrogen-bond acceptors (Lipinski definition) is 3. The number of carbonyl (C=O) groups is 2. The molecule has 0 bridgehead atoms. The molecule has 1 aromatic rings. The summed E-state index contributed by atoms with van der Waals surface area (Å²) < 4.78 is 11.9. The van der Waals surface area contributed by atoms with E-state index < -0.39 is 12.1 Å². The van der Waals surface area contributed by atoms with Crippen LogP contribution in [0.25, 0.3) is 0 Å². The highest BCUT2D eigenvalue weighted by Gasteiger charge is 2.35. The van der Waals surface area contributed by atoms with Crippen molar-refractivity contribution in [3.63, 3.8) is 0 Å². The summed E-state index contributed by atoms with van der Waals surface area (Å²) in [5.41, 5.74) is 1.22. The number of rotatable bonds is 5. The molecule has 2 amide bonds. The molecule has 0 saturated carbocycles. The van der Waals surface area contributed by atoms with E-state index >= 15 is 0 Å². The molecular weight excluding hydrogens is 275 g/mol. The van der Waals surface area contributed by atoms with Gasteiger partial charge < -0.3 is 5.32 Å². The smallest absolute Gasteiger partial charge is 0.354 e. The fourth-order valence-corrected chi connectivity index (χ4v) is 2.57. The third-order valence-corrected chi connectivity index (χ3v) is 3.64. The topological polar surface area (TPSA) is 58.6 Å². The normalized spacial score (nSPS) is 17.6. The first-order valence-corrected chi connectivity index (χ1v) is 7.13. The van der Waals surface area contributed by atoms with E-state index in [1.807, 2.05) is 30.3 Å². The van der Waals surface area contributed by atoms with Gasteiger partial charge in [-0.05, 0) is 31.2 Å². The summed E-state index contributed by atoms with van der Waals surface area (Å²) >= 11 is 0. The molecular formula is C15H19FN2O3. The maximum Gasteiger partial charge on any atom is 0.448 e. The lowest BCUT2D eigenvalue weighted by Crippen LogP contribution is -2.45. The third-order valence-electron chi connectivity index (χ3n) is 3.64. The van der Waals surface area contributed by atoms with Crippen molar-refractivity contribution in [3.05, 3.63) is 35.9 Å². The Hall–Kier alpha value is -2.11. The second kappa shape index (κ2) is 7.61. The van der Waals surface area contributed by atoms with E-state index in [1.165, 1.54) is 5.56 Å². The lowest BCUT2D eigenvalue weighted by atomic mass is 10.1. The Balaban J connectivity index is 1.73. The zero-order chi connectivity index (χ0) is 15.1. The van der Waals surface area contributed by atoms with Gasteiger partial charge in [-0.1, -0.05) is 30.3 Å². The highest BCUT2D eigenvalue weighted by molar-refractivity contribution is 5.86. The summed E-state index contributed by atoms with van der Waals surface area (Å²) in [5, 5.41) is 2.79. The first-order chi connectivity index (χ1) is 10.2. The van der Waals surface area contributed by atoms with Crippen molar-refractivity contribution in [2.24, 2.45) is 0 Å². The molecule has 1 heterocycles. The van der Waals surface area contributed by atoms with Crippen LogP contribution in [0.15, 0.2) is 30.3 Å². The van der Waals surface area contributed by atoms with Crippen molar-refractivity contribution in [3.8, 4) is 0 Å². The average Bonchev–Trinajstić information content (AvgIpc) is 3.01. The van der Waals surface area contributed by atoms with Gasteiger partial charge in [-0.25, -0.2) is 9.74 Å². The van der Waals surface area contributed by atoms with Gasteiger partial charge in [-0.15, -0.1) is 0 Å². The van der Waals surface area contributed by atoms with Crippen LogP contribution in [0, 0.1) is 0 Å². The Morgan fingerprint density at radius 1 is 1.33 bits per heavy atom. The molecule has 1 aliphatic rings. The van der Waals surface area contributed by atoms with Gasteiger partial charge in [0.1, 0.15) is 6.04 Å². The van der Waals surface area contributed by atoms with Gasteiger partial charge in [-0.3, -0.25) is 9.69 Å². The predicted octanol–water partition coefficient (Wildman–Crippen LogP) is 2.22. The van der Waals surface area contributed by atoms with Crippen LogP contribution < -0.4 is 5.32 Å². The highest BCUT2D eigenvalue weighted by Crippen LogP contribution is 2.18. The summed E-state index contributed by atoms with van der Waals surface area (Å²) in [6.07, 6.45) is 1.83. The van der Waals surface area contributed by atoms with Gasteiger partial charge in [-0.2, -0.15) is 0 Å². The summed E-state index contributed by atoms with van der Waals surface area (Å²) in [6.45, 7) is 0.883. The van der Waals surface area contributed by atoms with Crippen LogP contribution in [0.3, 0.4) is 0 Å². The van der Waals surface area contributed by atoms with Crippen molar-refractivity contribution >= 4 is 12.0 Å². The number of nitrogens with zero attached hydrogens (tertiary/aromatic N) is 1. The molecule has 6 heteroatoms. The molecule has 0 aromatic heterocycles. The first-order valence-electron chi connectivity index (χ1n) is 7.13. The second-order valence-electron chi connectivity index (χ2n) is 5.07. The first kappa shape index (κ1) is 15.3. The minimum Gasteiger partial charge on any atom is -0.354 e. The molecule has 1 N–H and O–H groups in total. The number of likely N-dealkylation sites (tertiary alicyclic amines) is 1. The van der Waals surface area contributed by atoms with Gasteiger partial charge in [0, 0.05) is 17.6 Å². The van der Waals surface area contributed by atoms with E-state index in [1.54, 1.807) is 0 Å². The fraction of sp³-hybridized carbons (Fsp3) is 0.467. The van der Waals surface area contributed by atoms with Crippen molar-refractivity contribution in [1.29, 1.82) is 0 Å². The molecule has 1 unspecified atom stereocenters. The van der Waals surface area contributed by atoms with E-state index in [4.69, 9.17) is 0 Å². The summed E-state index contributed by atoms with van der Waals surface area (Å²) in [6, 6.07) is 9.38. The number of aryl methyl sites for hydroxylation is 1. The maximum atomic E-state index is 12.0. The summed E-state index contributed by atoms with van der Waals surface area (Å²) in [5.74, 6) is -0.244. The highest BCUT2D eigenvalue weighted by atomic mass is 19.3. The number of amides is 2. The van der Waals surface area contributed by atoms with E-state index in [9.17, 15) is 14.1 Å². The van der Waals surface area contributed by atoms with E-state index in [0.29, 0.717) is 25.9 Å². The van der Waals surface area contributed by atoms with Crippen molar-refractivity contribution in [2.75, 3.05) is 13.1 Å². The number of halogens is 1. The molecule has 1 fully saturated rings. The van der Waals surface area contributed by atoms with Crippen LogP contribution in [0.1, 0.15) is 24.8 Å². The molecule has 0 radical (unpaired) electrons. The largest absolute Gasteiger partial charge is 0.448 e. The molecule has 1 saturated heterocycles. The Bertz CT molecular complexity index is 481. The fourth-order valence-electron chi connectivity index (χ4n) is 2.57. The molecule has 2 rings (SSSR count). The molecule has 114 valence electrons. The monoisotopic (exact) mass is 294 g/mol. The Morgan fingerprint density at radius 3 is 2.81 bits per heavy atom. The second-order valence-corrected chi connectivity index (χ2v) is 5.07. The van der Waals surface area contributed by atoms with Crippen LogP contribution in [0.2, 0.25) is 0 Å². The van der Waals surface area contributed by atoms with Crippen molar-refractivity contribution < 1.29 is 19.1 Å². The number of nitrogens with one attached hydrogen (secondary N) is 1. The molecule has 0 spiro atoms. The van der Waals surface area contributed by atoms with Gasteiger partial charge in [0.05, 0.1) is 0 Å². The molecule has 1 atom stereocenters. The number of benzene rings is 1. The minimum atomic E-state index is -1.09. The Morgan fingerprint density at radius 2 is 2.10 bits per heavy atom. The maximum absolute atomic E-state index is 12.0. The van der Waals surface area contributed by atoms with Crippen LogP contribution in [-0.4, -0.2) is 36.0 Å². The summed E-state index contributed by atoms with van der Waals surface area (Å²) in [7, 11) is 0. The quantitative estimate of drug-likeness (QED) is 0.847. The third kappa shape index (κ3) is 4.18. The zero-order valence-corrected chi connectivity index (χ0v) is 11.8. The van der Waals surface area contributed by atoms with Crippen LogP contribution in [-0.2, 0) is 16.2 Å². The lowest BCUT2D eigenvalue weighted by Gasteiger charge is -2.20. The Labute approximate surface area is 123 Å². The van der Waals surface area contributed by atoms with Gasteiger partial charge in [0.15, 0.2) is 0 Å². The average molecular weight is 294 g/mol. The van der Waals surface area contributed by atoms with E-state index in [0.717, 1.165) is 17.7 Å². The number of hydrogen-bond donors (Lipinski definition) is 1. The number of carbonyl (C=O) groups excluding carboxylic acids is 2. The molecule has 1 aliphatic heterocycles. The lowest BCUT2D eigenvalue weighted by molar-refractivity contribution is -0.127. The van der Waals surface area contributed by atoms with Crippen LogP contribution in [0.5, 0.6) is 0 Å². The van der Waals surface area contributed by atoms with Gasteiger partial charge in [0.25, 0.3) is 0 Å². The predicted molar refractivity (Wildman–Crippen MR) is 75.1 cm³/mol. The van der Waals surface area contributed by atoms with E-state index in [2.05, 4.69) is 10.3 Å². The minimum absolute atomic E-state index is 0.244. The molecule has 1 aromatic carbocycles. The van der Waals surface area contributed by atoms with Gasteiger partial charge >= 0.3 is 6.09 Å². The van der Waals surface area contributed by atoms with Crippen LogP contribution >= 0.6 is 0 Å². The van der Waals surface area contributed by atoms with Crippen molar-refractivity contribution in [1.82, 2.24) is 10.2 Å². The van der Waals surface area contributed by atoms with Gasteiger partial charge in [0.2, 0.25) is 5.91 Å². The molecule has 5 nitrogen and oxygen atoms in total.